The molecule has 0 saturated carbocycles. The van der Waals surface area contributed by atoms with Gasteiger partial charge in [-0.25, -0.2) is 0 Å². The average molecular weight is 213 g/mol. The Balaban J connectivity index is 1.98. The molecule has 1 amide bonds. The van der Waals surface area contributed by atoms with Crippen molar-refractivity contribution in [3.05, 3.63) is 0 Å². The summed E-state index contributed by atoms with van der Waals surface area (Å²) in [6.07, 6.45) is 4.39. The van der Waals surface area contributed by atoms with Crippen LogP contribution in [0.3, 0.4) is 0 Å². The minimum Gasteiger partial charge on any atom is -0.355 e. The number of amides is 1. The number of nitrogens with one attached hydrogen (secondary N) is 1. The van der Waals surface area contributed by atoms with Gasteiger partial charge >= 0.3 is 0 Å². The van der Waals surface area contributed by atoms with E-state index in [0.29, 0.717) is 6.42 Å². The topological polar surface area (TPSA) is 58.4 Å². The van der Waals surface area contributed by atoms with Crippen molar-refractivity contribution in [2.45, 2.75) is 38.6 Å². The van der Waals surface area contributed by atoms with Crippen LogP contribution in [0.2, 0.25) is 0 Å². The molecule has 4 heteroatoms. The van der Waals surface area contributed by atoms with E-state index >= 15 is 0 Å². The SMILES string of the molecule is CC[C@@H](N)C(=O)NCCCN1CCCC1. The molecule has 0 aliphatic carbocycles. The van der Waals surface area contributed by atoms with Gasteiger partial charge in [0, 0.05) is 6.54 Å². The quantitative estimate of drug-likeness (QED) is 0.625. The number of hydrogen-bond donors (Lipinski definition) is 2. The normalized spacial score (nSPS) is 19.1. The second-order valence-corrected chi connectivity index (χ2v) is 4.21. The van der Waals surface area contributed by atoms with Crippen LogP contribution in [0.4, 0.5) is 0 Å². The minimum absolute atomic E-state index is 0.0149. The van der Waals surface area contributed by atoms with Gasteiger partial charge in [0.2, 0.25) is 5.91 Å². The number of carbonyl (C=O) groups is 1. The van der Waals surface area contributed by atoms with Gasteiger partial charge in [0.25, 0.3) is 0 Å². The van der Waals surface area contributed by atoms with E-state index in [1.807, 2.05) is 6.92 Å². The summed E-state index contributed by atoms with van der Waals surface area (Å²) in [6.45, 7) is 6.23. The van der Waals surface area contributed by atoms with E-state index in [1.165, 1.54) is 25.9 Å². The van der Waals surface area contributed by atoms with Crippen LogP contribution in [0.25, 0.3) is 0 Å². The van der Waals surface area contributed by atoms with Crippen LogP contribution in [0.15, 0.2) is 0 Å². The summed E-state index contributed by atoms with van der Waals surface area (Å²) in [6, 6.07) is -0.336. The van der Waals surface area contributed by atoms with Crippen molar-refractivity contribution in [2.24, 2.45) is 5.73 Å². The number of nitrogens with zero attached hydrogens (tertiary/aromatic N) is 1. The maximum Gasteiger partial charge on any atom is 0.236 e. The molecule has 88 valence electrons. The first-order chi connectivity index (χ1) is 7.24. The number of hydrogen-bond acceptors (Lipinski definition) is 3. The Morgan fingerprint density at radius 1 is 1.47 bits per heavy atom. The lowest BCUT2D eigenvalue weighted by Gasteiger charge is -2.15. The monoisotopic (exact) mass is 213 g/mol. The zero-order valence-corrected chi connectivity index (χ0v) is 9.67. The highest BCUT2D eigenvalue weighted by Gasteiger charge is 2.12. The Bertz CT molecular complexity index is 190. The Labute approximate surface area is 92.2 Å². The molecule has 3 N–H and O–H groups in total. The molecule has 0 aromatic heterocycles. The molecule has 0 radical (unpaired) electrons. The van der Waals surface area contributed by atoms with E-state index in [1.54, 1.807) is 0 Å². The number of carbonyl (C=O) groups excluding carboxylic acids is 1. The molecule has 0 aromatic rings. The van der Waals surface area contributed by atoms with E-state index in [2.05, 4.69) is 10.2 Å². The Morgan fingerprint density at radius 3 is 2.73 bits per heavy atom. The van der Waals surface area contributed by atoms with Gasteiger partial charge in [-0.3, -0.25) is 4.79 Å². The summed E-state index contributed by atoms with van der Waals surface area (Å²) in [5.74, 6) is -0.0149. The molecule has 1 saturated heterocycles. The van der Waals surface area contributed by atoms with Crippen molar-refractivity contribution in [1.29, 1.82) is 0 Å². The summed E-state index contributed by atoms with van der Waals surface area (Å²) in [7, 11) is 0. The maximum absolute atomic E-state index is 11.3. The van der Waals surface area contributed by atoms with Crippen molar-refractivity contribution >= 4 is 5.91 Å². The van der Waals surface area contributed by atoms with Crippen molar-refractivity contribution in [3.8, 4) is 0 Å². The maximum atomic E-state index is 11.3. The van der Waals surface area contributed by atoms with Gasteiger partial charge in [-0.1, -0.05) is 6.92 Å². The zero-order chi connectivity index (χ0) is 11.1. The van der Waals surface area contributed by atoms with E-state index < -0.39 is 0 Å². The van der Waals surface area contributed by atoms with Gasteiger partial charge < -0.3 is 16.0 Å². The molecule has 1 aliphatic heterocycles. The van der Waals surface area contributed by atoms with Crippen LogP contribution in [0.5, 0.6) is 0 Å². The van der Waals surface area contributed by atoms with Crippen LogP contribution >= 0.6 is 0 Å². The highest BCUT2D eigenvalue weighted by molar-refractivity contribution is 5.81. The second-order valence-electron chi connectivity index (χ2n) is 4.21. The number of nitrogens with two attached hydrogens (primary N) is 1. The van der Waals surface area contributed by atoms with Crippen molar-refractivity contribution in [3.63, 3.8) is 0 Å². The number of likely N-dealkylation sites (tertiary alicyclic amines) is 1. The molecular formula is C11H23N3O. The lowest BCUT2D eigenvalue weighted by Crippen LogP contribution is -2.41. The largest absolute Gasteiger partial charge is 0.355 e. The van der Waals surface area contributed by atoms with Crippen LogP contribution < -0.4 is 11.1 Å². The summed E-state index contributed by atoms with van der Waals surface area (Å²) >= 11 is 0. The molecule has 1 rings (SSSR count). The van der Waals surface area contributed by atoms with Crippen LogP contribution in [-0.2, 0) is 4.79 Å². The Hall–Kier alpha value is -0.610. The molecule has 1 fully saturated rings. The first kappa shape index (κ1) is 12.5. The summed E-state index contributed by atoms with van der Waals surface area (Å²) in [5, 5.41) is 2.87. The van der Waals surface area contributed by atoms with Crippen LogP contribution in [0, 0.1) is 0 Å². The molecule has 0 unspecified atom stereocenters. The average Bonchev–Trinajstić information content (AvgIpc) is 2.75. The molecule has 4 nitrogen and oxygen atoms in total. The van der Waals surface area contributed by atoms with Crippen molar-refractivity contribution in [2.75, 3.05) is 26.2 Å². The first-order valence-electron chi connectivity index (χ1n) is 5.99. The van der Waals surface area contributed by atoms with E-state index in [9.17, 15) is 4.79 Å². The second kappa shape index (κ2) is 6.80. The van der Waals surface area contributed by atoms with E-state index in [-0.39, 0.29) is 11.9 Å². The molecule has 1 atom stereocenters. The Kier molecular flexibility index (Phi) is 5.65. The summed E-state index contributed by atoms with van der Waals surface area (Å²) in [5.41, 5.74) is 5.60. The van der Waals surface area contributed by atoms with Crippen LogP contribution in [0.1, 0.15) is 32.6 Å². The van der Waals surface area contributed by atoms with Gasteiger partial charge in [-0.2, -0.15) is 0 Å². The fraction of sp³-hybridized carbons (Fsp3) is 0.909. The third-order valence-electron chi connectivity index (χ3n) is 2.93. The predicted octanol–water partition coefficient (Wildman–Crippen LogP) is 0.326. The summed E-state index contributed by atoms with van der Waals surface area (Å²) in [4.78, 5) is 13.8. The molecule has 0 spiro atoms. The molecule has 1 aliphatic rings. The lowest BCUT2D eigenvalue weighted by atomic mass is 10.2. The highest BCUT2D eigenvalue weighted by Crippen LogP contribution is 2.06. The lowest BCUT2D eigenvalue weighted by molar-refractivity contribution is -0.122. The third-order valence-corrected chi connectivity index (χ3v) is 2.93. The standard InChI is InChI=1S/C11H23N3O/c1-2-10(12)11(15)13-6-5-9-14-7-3-4-8-14/h10H,2-9,12H2,1H3,(H,13,15)/t10-/m1/s1. The predicted molar refractivity (Wildman–Crippen MR) is 61.6 cm³/mol. The molecular weight excluding hydrogens is 190 g/mol. The smallest absolute Gasteiger partial charge is 0.236 e. The van der Waals surface area contributed by atoms with Crippen molar-refractivity contribution < 1.29 is 4.79 Å². The van der Waals surface area contributed by atoms with Gasteiger partial charge in [-0.05, 0) is 45.3 Å². The third kappa shape index (κ3) is 4.62. The molecule has 1 heterocycles. The fourth-order valence-corrected chi connectivity index (χ4v) is 1.84. The van der Waals surface area contributed by atoms with Crippen molar-refractivity contribution in [1.82, 2.24) is 10.2 Å². The fourth-order valence-electron chi connectivity index (χ4n) is 1.84. The van der Waals surface area contributed by atoms with Gasteiger partial charge in [0.15, 0.2) is 0 Å². The highest BCUT2D eigenvalue weighted by atomic mass is 16.2. The van der Waals surface area contributed by atoms with Gasteiger partial charge in [-0.15, -0.1) is 0 Å². The molecule has 0 aromatic carbocycles. The van der Waals surface area contributed by atoms with Crippen LogP contribution in [-0.4, -0.2) is 43.0 Å². The van der Waals surface area contributed by atoms with Gasteiger partial charge in [0.05, 0.1) is 6.04 Å². The van der Waals surface area contributed by atoms with E-state index in [4.69, 9.17) is 5.73 Å². The zero-order valence-electron chi connectivity index (χ0n) is 9.67. The molecule has 0 bridgehead atoms. The molecule has 15 heavy (non-hydrogen) atoms. The van der Waals surface area contributed by atoms with E-state index in [0.717, 1.165) is 19.5 Å². The Morgan fingerprint density at radius 2 is 2.13 bits per heavy atom. The van der Waals surface area contributed by atoms with Gasteiger partial charge in [0.1, 0.15) is 0 Å². The summed E-state index contributed by atoms with van der Waals surface area (Å²) < 4.78 is 0. The number of rotatable bonds is 6. The minimum atomic E-state index is -0.336. The first-order valence-corrected chi connectivity index (χ1v) is 5.99.